The van der Waals surface area contributed by atoms with E-state index < -0.39 is 8.32 Å². The van der Waals surface area contributed by atoms with Gasteiger partial charge in [0.15, 0.2) is 5.78 Å². The molecule has 0 aliphatic rings. The van der Waals surface area contributed by atoms with Crippen LogP contribution >= 0.6 is 0 Å². The van der Waals surface area contributed by atoms with Crippen LogP contribution < -0.4 is 4.43 Å². The summed E-state index contributed by atoms with van der Waals surface area (Å²) in [6.07, 6.45) is 0.0646. The van der Waals surface area contributed by atoms with Gasteiger partial charge >= 0.3 is 0 Å². The van der Waals surface area contributed by atoms with E-state index in [1.165, 1.54) is 0 Å². The molecule has 22 heavy (non-hydrogen) atoms. The molecule has 1 rings (SSSR count). The standard InChI is InChI=1S/C18H30O3Si/c1-8-20-14(2)17(19)13-15-9-11-16(12-10-15)21-22(6,7)18(3,4)5/h9-12,14H,8,13H2,1-7H3. The number of hydrogen-bond acceptors (Lipinski definition) is 3. The predicted octanol–water partition coefficient (Wildman–Crippen LogP) is 4.61. The Labute approximate surface area is 136 Å². The fraction of sp³-hybridized carbons (Fsp3) is 0.611. The average Bonchev–Trinajstić information content (AvgIpc) is 2.39. The monoisotopic (exact) mass is 322 g/mol. The normalized spacial score (nSPS) is 13.8. The summed E-state index contributed by atoms with van der Waals surface area (Å²) in [5.74, 6) is 1.00. The molecule has 1 aromatic rings. The van der Waals surface area contributed by atoms with Gasteiger partial charge in [0.2, 0.25) is 8.32 Å². The topological polar surface area (TPSA) is 35.5 Å². The highest BCUT2D eigenvalue weighted by Gasteiger charge is 2.38. The summed E-state index contributed by atoms with van der Waals surface area (Å²) < 4.78 is 11.6. The molecule has 0 fully saturated rings. The third-order valence-corrected chi connectivity index (χ3v) is 8.71. The molecule has 0 saturated heterocycles. The summed E-state index contributed by atoms with van der Waals surface area (Å²) in [5.41, 5.74) is 0.999. The molecule has 1 aromatic carbocycles. The minimum absolute atomic E-state index is 0.111. The second-order valence-electron chi connectivity index (χ2n) is 7.25. The molecule has 0 radical (unpaired) electrons. The minimum atomic E-state index is -1.81. The molecular formula is C18H30O3Si. The van der Waals surface area contributed by atoms with Crippen molar-refractivity contribution < 1.29 is 14.0 Å². The van der Waals surface area contributed by atoms with E-state index in [0.29, 0.717) is 13.0 Å². The first-order chi connectivity index (χ1) is 10.1. The number of carbonyl (C=O) groups is 1. The summed E-state index contributed by atoms with van der Waals surface area (Å²) in [7, 11) is -1.81. The van der Waals surface area contributed by atoms with Crippen LogP contribution in [-0.4, -0.2) is 26.8 Å². The van der Waals surface area contributed by atoms with Crippen LogP contribution in [0.5, 0.6) is 5.75 Å². The third kappa shape index (κ3) is 5.25. The van der Waals surface area contributed by atoms with Crippen LogP contribution in [0.2, 0.25) is 18.1 Å². The SMILES string of the molecule is CCOC(C)C(=O)Cc1ccc(O[Si](C)(C)C(C)(C)C)cc1. The fourth-order valence-electron chi connectivity index (χ4n) is 1.81. The zero-order valence-corrected chi connectivity index (χ0v) is 16.0. The van der Waals surface area contributed by atoms with Gasteiger partial charge in [-0.3, -0.25) is 4.79 Å². The second kappa shape index (κ2) is 7.42. The van der Waals surface area contributed by atoms with E-state index in [1.54, 1.807) is 6.92 Å². The Balaban J connectivity index is 2.70. The Morgan fingerprint density at radius 2 is 1.73 bits per heavy atom. The van der Waals surface area contributed by atoms with Gasteiger partial charge in [0.05, 0.1) is 0 Å². The van der Waals surface area contributed by atoms with E-state index >= 15 is 0 Å². The zero-order valence-electron chi connectivity index (χ0n) is 15.0. The molecule has 3 nitrogen and oxygen atoms in total. The van der Waals surface area contributed by atoms with Crippen molar-refractivity contribution in [3.8, 4) is 5.75 Å². The van der Waals surface area contributed by atoms with Crippen LogP contribution in [0.4, 0.5) is 0 Å². The first kappa shape index (κ1) is 18.9. The Hall–Kier alpha value is -1.13. The molecule has 0 amide bonds. The van der Waals surface area contributed by atoms with Crippen molar-refractivity contribution in [2.24, 2.45) is 0 Å². The van der Waals surface area contributed by atoms with Crippen molar-refractivity contribution in [2.45, 2.75) is 65.3 Å². The Morgan fingerprint density at radius 1 is 1.18 bits per heavy atom. The molecule has 1 atom stereocenters. The van der Waals surface area contributed by atoms with E-state index in [9.17, 15) is 4.79 Å². The van der Waals surface area contributed by atoms with Gasteiger partial charge in [-0.25, -0.2) is 0 Å². The summed E-state index contributed by atoms with van der Waals surface area (Å²) in [4.78, 5) is 12.0. The maximum Gasteiger partial charge on any atom is 0.250 e. The summed E-state index contributed by atoms with van der Waals surface area (Å²) >= 11 is 0. The minimum Gasteiger partial charge on any atom is -0.544 e. The summed E-state index contributed by atoms with van der Waals surface area (Å²) in [5, 5.41) is 0.175. The van der Waals surface area contributed by atoms with Crippen molar-refractivity contribution in [3.05, 3.63) is 29.8 Å². The van der Waals surface area contributed by atoms with Crippen molar-refractivity contribution in [2.75, 3.05) is 6.61 Å². The van der Waals surface area contributed by atoms with Crippen molar-refractivity contribution >= 4 is 14.1 Å². The molecule has 0 aliphatic carbocycles. The Kier molecular flexibility index (Phi) is 6.38. The maximum absolute atomic E-state index is 12.0. The molecule has 0 saturated carbocycles. The number of benzene rings is 1. The maximum atomic E-state index is 12.0. The van der Waals surface area contributed by atoms with Gasteiger partial charge in [0, 0.05) is 13.0 Å². The second-order valence-corrected chi connectivity index (χ2v) is 12.0. The molecule has 0 aromatic heterocycles. The highest BCUT2D eigenvalue weighted by Crippen LogP contribution is 2.37. The summed E-state index contributed by atoms with van der Waals surface area (Å²) in [6.45, 7) is 15.4. The molecule has 0 N–H and O–H groups in total. The highest BCUT2D eigenvalue weighted by atomic mass is 28.4. The van der Waals surface area contributed by atoms with Crippen LogP contribution in [0.15, 0.2) is 24.3 Å². The smallest absolute Gasteiger partial charge is 0.250 e. The number of Topliss-reactive ketones (excluding diaryl/α,β-unsaturated/α-hetero) is 1. The summed E-state index contributed by atoms with van der Waals surface area (Å²) in [6, 6.07) is 7.88. The van der Waals surface area contributed by atoms with Gasteiger partial charge in [-0.15, -0.1) is 0 Å². The Bertz CT molecular complexity index is 486. The molecule has 0 bridgehead atoms. The number of carbonyl (C=O) groups excluding carboxylic acids is 1. The number of ether oxygens (including phenoxy) is 1. The molecule has 1 unspecified atom stereocenters. The fourth-order valence-corrected chi connectivity index (χ4v) is 2.84. The quantitative estimate of drug-likeness (QED) is 0.688. The van der Waals surface area contributed by atoms with Gasteiger partial charge in [-0.05, 0) is 49.7 Å². The molecule has 124 valence electrons. The van der Waals surface area contributed by atoms with E-state index in [4.69, 9.17) is 9.16 Å². The molecule has 0 heterocycles. The van der Waals surface area contributed by atoms with E-state index in [-0.39, 0.29) is 16.9 Å². The predicted molar refractivity (Wildman–Crippen MR) is 94.1 cm³/mol. The van der Waals surface area contributed by atoms with Gasteiger partial charge < -0.3 is 9.16 Å². The first-order valence-electron chi connectivity index (χ1n) is 7.99. The number of hydrogen-bond donors (Lipinski definition) is 0. The van der Waals surface area contributed by atoms with Gasteiger partial charge in [0.25, 0.3) is 0 Å². The molecule has 0 spiro atoms. The number of ketones is 1. The Morgan fingerprint density at radius 3 is 2.18 bits per heavy atom. The number of rotatable bonds is 7. The lowest BCUT2D eigenvalue weighted by molar-refractivity contribution is -0.128. The largest absolute Gasteiger partial charge is 0.544 e. The molecular weight excluding hydrogens is 292 g/mol. The first-order valence-corrected chi connectivity index (χ1v) is 10.9. The van der Waals surface area contributed by atoms with Crippen LogP contribution in [0.25, 0.3) is 0 Å². The lowest BCUT2D eigenvalue weighted by atomic mass is 10.1. The lowest BCUT2D eigenvalue weighted by Crippen LogP contribution is -2.43. The average molecular weight is 323 g/mol. The van der Waals surface area contributed by atoms with Gasteiger partial charge in [0.1, 0.15) is 11.9 Å². The van der Waals surface area contributed by atoms with Crippen LogP contribution in [-0.2, 0) is 16.0 Å². The van der Waals surface area contributed by atoms with Gasteiger partial charge in [-0.2, -0.15) is 0 Å². The van der Waals surface area contributed by atoms with E-state index in [1.807, 2.05) is 31.2 Å². The zero-order chi connectivity index (χ0) is 17.0. The molecule has 4 heteroatoms. The van der Waals surface area contributed by atoms with Crippen LogP contribution in [0.1, 0.15) is 40.2 Å². The van der Waals surface area contributed by atoms with Crippen molar-refractivity contribution in [1.82, 2.24) is 0 Å². The van der Waals surface area contributed by atoms with Crippen molar-refractivity contribution in [3.63, 3.8) is 0 Å². The van der Waals surface area contributed by atoms with Crippen LogP contribution in [0, 0.1) is 0 Å². The third-order valence-electron chi connectivity index (χ3n) is 4.35. The van der Waals surface area contributed by atoms with E-state index in [0.717, 1.165) is 11.3 Å². The highest BCUT2D eigenvalue weighted by molar-refractivity contribution is 6.74. The van der Waals surface area contributed by atoms with Gasteiger partial charge in [-0.1, -0.05) is 32.9 Å². The van der Waals surface area contributed by atoms with E-state index in [2.05, 4.69) is 33.9 Å². The molecule has 0 aliphatic heterocycles. The van der Waals surface area contributed by atoms with Crippen LogP contribution in [0.3, 0.4) is 0 Å². The van der Waals surface area contributed by atoms with Crippen molar-refractivity contribution in [1.29, 1.82) is 0 Å². The lowest BCUT2D eigenvalue weighted by Gasteiger charge is -2.36.